The number of nitrogens with one attached hydrogen (secondary N) is 4. The topological polar surface area (TPSA) is 168 Å². The summed E-state index contributed by atoms with van der Waals surface area (Å²) in [6.45, 7) is 0.712. The average Bonchev–Trinajstić information content (AvgIpc) is 4.13. The van der Waals surface area contributed by atoms with E-state index in [-0.39, 0.29) is 46.3 Å². The van der Waals surface area contributed by atoms with Gasteiger partial charge in [0.15, 0.2) is 23.3 Å². The summed E-state index contributed by atoms with van der Waals surface area (Å²) < 4.78 is 72.2. The summed E-state index contributed by atoms with van der Waals surface area (Å²) >= 11 is 0. The molecule has 3 atom stereocenters. The Bertz CT molecular complexity index is 3600. The molecule has 1 saturated carbocycles. The van der Waals surface area contributed by atoms with Crippen LogP contribution in [-0.2, 0) is 4.74 Å². The zero-order valence-corrected chi connectivity index (χ0v) is 42.3. The lowest BCUT2D eigenvalue weighted by molar-refractivity contribution is 0.138. The smallest absolute Gasteiger partial charge is 0.407 e. The predicted molar refractivity (Wildman–Crippen MR) is 296 cm³/mol. The van der Waals surface area contributed by atoms with E-state index in [0.29, 0.717) is 104 Å². The SMILES string of the molecule is O=C(NCCSSCCNc1c(F)c(F)c(-c2c3nc(c(-c4cccc(O)c4)c4ccc([nH]4)c(-c4cccc(O)c4)c4nc(c(-c5cccc(O)c5)c5ccc2[nH]5)C=C4)C=C3)c(F)c1F)OCC1C2CCC=CCC[C@@H]21. The highest BCUT2D eigenvalue weighted by Crippen LogP contribution is 2.53. The minimum atomic E-state index is -1.66. The second-order valence-electron chi connectivity index (χ2n) is 18.9. The highest BCUT2D eigenvalue weighted by atomic mass is 33.1. The molecule has 0 radical (unpaired) electrons. The van der Waals surface area contributed by atoms with E-state index < -0.39 is 40.6 Å². The predicted octanol–water partition coefficient (Wildman–Crippen LogP) is 14.5. The van der Waals surface area contributed by atoms with Gasteiger partial charge in [-0.05, 0) is 145 Å². The zero-order chi connectivity index (χ0) is 52.5. The van der Waals surface area contributed by atoms with Gasteiger partial charge < -0.3 is 40.7 Å². The number of anilines is 1. The Morgan fingerprint density at radius 1 is 0.566 bits per heavy atom. The van der Waals surface area contributed by atoms with Crippen molar-refractivity contribution in [3.05, 3.63) is 155 Å². The lowest BCUT2D eigenvalue weighted by atomic mass is 10.0. The molecule has 11 rings (SSSR count). The Labute approximate surface area is 442 Å². The number of ether oxygens (including phenoxy) is 1. The molecule has 0 saturated heterocycles. The molecule has 17 heteroatoms. The summed E-state index contributed by atoms with van der Waals surface area (Å²) in [7, 11) is 2.78. The molecule has 2 aliphatic heterocycles. The molecule has 11 nitrogen and oxygen atoms in total. The summed E-state index contributed by atoms with van der Waals surface area (Å²) in [6.07, 6.45) is 15.1. The third kappa shape index (κ3) is 10.3. The van der Waals surface area contributed by atoms with Gasteiger partial charge in [0.2, 0.25) is 0 Å². The van der Waals surface area contributed by atoms with Crippen molar-refractivity contribution in [2.45, 2.75) is 25.7 Å². The molecule has 76 heavy (non-hydrogen) atoms. The molecule has 1 fully saturated rings. The van der Waals surface area contributed by atoms with Crippen LogP contribution in [0.4, 0.5) is 28.0 Å². The third-order valence-corrected chi connectivity index (χ3v) is 16.5. The number of phenols is 3. The number of hydrogen-bond donors (Lipinski definition) is 7. The van der Waals surface area contributed by atoms with Crippen LogP contribution in [0.2, 0.25) is 0 Å². The van der Waals surface area contributed by atoms with E-state index in [1.165, 1.54) is 58.0 Å². The van der Waals surface area contributed by atoms with Gasteiger partial charge in [-0.15, -0.1) is 0 Å². The molecule has 7 aromatic rings. The summed E-state index contributed by atoms with van der Waals surface area (Å²) in [5.74, 6) is -4.15. The van der Waals surface area contributed by atoms with Crippen molar-refractivity contribution in [2.75, 3.05) is 36.5 Å². The number of H-pyrrole nitrogens is 2. The number of allylic oxidation sites excluding steroid dienone is 2. The van der Waals surface area contributed by atoms with Crippen molar-refractivity contribution < 1.29 is 42.4 Å². The molecular formula is C59H50F4N6O5S2. The Kier molecular flexibility index (Phi) is 14.4. The normalized spacial score (nSPS) is 16.5. The summed E-state index contributed by atoms with van der Waals surface area (Å²) in [4.78, 5) is 29.2. The Balaban J connectivity index is 0.946. The largest absolute Gasteiger partial charge is 0.508 e. The number of phenolic OH excluding ortho intramolecular Hbond substituents is 3. The molecule has 7 N–H and O–H groups in total. The molecule has 4 aromatic carbocycles. The average molecular weight is 1060 g/mol. The summed E-state index contributed by atoms with van der Waals surface area (Å²) in [6, 6.07) is 26.5. The molecular weight excluding hydrogens is 1010 g/mol. The van der Waals surface area contributed by atoms with Gasteiger partial charge in [-0.2, -0.15) is 0 Å². The maximum atomic E-state index is 16.9. The van der Waals surface area contributed by atoms with Gasteiger partial charge in [0.1, 0.15) is 22.9 Å². The van der Waals surface area contributed by atoms with Crippen molar-refractivity contribution in [3.63, 3.8) is 0 Å². The van der Waals surface area contributed by atoms with Gasteiger partial charge in [-0.3, -0.25) is 0 Å². The highest BCUT2D eigenvalue weighted by Gasteiger charge is 2.49. The molecule has 386 valence electrons. The first kappa shape index (κ1) is 50.3. The molecule has 0 spiro atoms. The molecule has 2 aliphatic carbocycles. The third-order valence-electron chi connectivity index (χ3n) is 14.1. The fraction of sp³-hybridized carbons (Fsp3) is 0.203. The van der Waals surface area contributed by atoms with Crippen molar-refractivity contribution in [1.82, 2.24) is 25.3 Å². The standard InChI is InChI=1S/C59H50F4N6O5S2/c60-54-53(55(61)57(63)58(56(54)62)64-24-26-75-76-27-25-65-59(73)74-31-40-38-14-3-1-2-4-15-39(38)40)52-47-22-20-45(68-47)50(33-9-6-12-36(71)29-33)43-18-16-41(66-43)49(32-8-5-11-35(70)28-32)42-17-19-44(67-42)51(46-21-23-48(52)69-46)34-10-7-13-37(72)30-34/h1-2,5-13,16-23,28-30,38-40,64,66,69-72H,3-4,14-15,24-27,31H2,(H,65,73)/t38-,39?,40?/m0/s1. The maximum absolute atomic E-state index is 16.9. The Morgan fingerprint density at radius 2 is 0.987 bits per heavy atom. The van der Waals surface area contributed by atoms with Crippen LogP contribution < -0.4 is 10.6 Å². The van der Waals surface area contributed by atoms with Crippen LogP contribution in [0, 0.1) is 41.0 Å². The second kappa shape index (κ2) is 21.8. The first-order valence-corrected chi connectivity index (χ1v) is 27.4. The van der Waals surface area contributed by atoms with E-state index in [1.807, 2.05) is 24.3 Å². The number of carbonyl (C=O) groups excluding carboxylic acids is 1. The molecule has 1 amide bonds. The van der Waals surface area contributed by atoms with E-state index in [2.05, 4.69) is 32.8 Å². The van der Waals surface area contributed by atoms with Gasteiger partial charge in [0.25, 0.3) is 0 Å². The minimum Gasteiger partial charge on any atom is -0.508 e. The molecule has 5 heterocycles. The lowest BCUT2D eigenvalue weighted by Gasteiger charge is -2.14. The number of aromatic amines is 2. The van der Waals surface area contributed by atoms with E-state index in [9.17, 15) is 20.1 Å². The number of carbonyl (C=O) groups is 1. The number of rotatable bonds is 14. The fourth-order valence-electron chi connectivity index (χ4n) is 10.6. The van der Waals surface area contributed by atoms with Crippen LogP contribution in [0.15, 0.2) is 109 Å². The number of benzene rings is 4. The number of alkyl carbamates (subject to hydrolysis) is 1. The van der Waals surface area contributed by atoms with Crippen molar-refractivity contribution >= 4 is 79.7 Å². The number of aromatic nitrogens is 4. The first-order chi connectivity index (χ1) is 37.0. The fourth-order valence-corrected chi connectivity index (χ4v) is 12.4. The molecule has 8 bridgehead atoms. The number of nitrogens with zero attached hydrogens (tertiary/aromatic N) is 2. The van der Waals surface area contributed by atoms with E-state index >= 15 is 17.6 Å². The Morgan fingerprint density at radius 3 is 1.43 bits per heavy atom. The van der Waals surface area contributed by atoms with Gasteiger partial charge >= 0.3 is 6.09 Å². The number of hydrogen-bond acceptors (Lipinski definition) is 10. The highest BCUT2D eigenvalue weighted by molar-refractivity contribution is 8.76. The van der Waals surface area contributed by atoms with Crippen LogP contribution in [0.25, 0.3) is 90.9 Å². The maximum Gasteiger partial charge on any atom is 0.407 e. The first-order valence-electron chi connectivity index (χ1n) is 25.0. The summed E-state index contributed by atoms with van der Waals surface area (Å²) in [5, 5.41) is 37.4. The van der Waals surface area contributed by atoms with E-state index in [0.717, 1.165) is 25.7 Å². The van der Waals surface area contributed by atoms with Crippen LogP contribution in [0.1, 0.15) is 48.5 Å². The molecule has 3 aromatic heterocycles. The lowest BCUT2D eigenvalue weighted by Crippen LogP contribution is -2.27. The van der Waals surface area contributed by atoms with Gasteiger partial charge in [-0.25, -0.2) is 32.3 Å². The second-order valence-corrected chi connectivity index (χ2v) is 21.6. The van der Waals surface area contributed by atoms with Crippen LogP contribution in [0.3, 0.4) is 0 Å². The number of fused-ring (bicyclic) bond motifs is 9. The quantitative estimate of drug-likeness (QED) is 0.0183. The molecule has 2 unspecified atom stereocenters. The van der Waals surface area contributed by atoms with Crippen molar-refractivity contribution in [1.29, 1.82) is 0 Å². The number of halogens is 4. The number of aromatic hydroxyl groups is 3. The number of amides is 1. The Hall–Kier alpha value is -7.89. The van der Waals surface area contributed by atoms with Crippen molar-refractivity contribution in [2.24, 2.45) is 17.8 Å². The van der Waals surface area contributed by atoms with Crippen LogP contribution in [0.5, 0.6) is 17.2 Å². The van der Waals surface area contributed by atoms with Gasteiger partial charge in [0, 0.05) is 68.9 Å². The van der Waals surface area contributed by atoms with Gasteiger partial charge in [-0.1, -0.05) is 70.1 Å². The van der Waals surface area contributed by atoms with Crippen molar-refractivity contribution in [3.8, 4) is 61.8 Å². The summed E-state index contributed by atoms with van der Waals surface area (Å²) in [5.41, 5.74) is 3.65. The minimum absolute atomic E-state index is 0.0306. The van der Waals surface area contributed by atoms with E-state index in [1.54, 1.807) is 60.7 Å². The van der Waals surface area contributed by atoms with Gasteiger partial charge in [0.05, 0.1) is 34.9 Å². The van der Waals surface area contributed by atoms with E-state index in [4.69, 9.17) is 14.7 Å². The van der Waals surface area contributed by atoms with Crippen LogP contribution >= 0.6 is 21.6 Å². The van der Waals surface area contributed by atoms with Crippen LogP contribution in [-0.4, -0.2) is 72.6 Å². The zero-order valence-electron chi connectivity index (χ0n) is 40.7. The monoisotopic (exact) mass is 1060 g/mol. The molecule has 4 aliphatic rings.